The number of carbonyl (C=O) groups excluding carboxylic acids is 1. The van der Waals surface area contributed by atoms with Gasteiger partial charge in [-0.2, -0.15) is 5.10 Å². The van der Waals surface area contributed by atoms with E-state index in [2.05, 4.69) is 15.1 Å². The summed E-state index contributed by atoms with van der Waals surface area (Å²) in [4.78, 5) is 48.6. The van der Waals surface area contributed by atoms with Gasteiger partial charge >= 0.3 is 0 Å². The molecule has 0 saturated carbocycles. The van der Waals surface area contributed by atoms with Crippen molar-refractivity contribution in [3.8, 4) is 0 Å². The number of nitrogens with one attached hydrogen (secondary N) is 1. The number of amides is 1. The first kappa shape index (κ1) is 23.2. The first-order chi connectivity index (χ1) is 17.5. The number of aromatic amines is 1. The number of para-hydroxylation sites is 1. The van der Waals surface area contributed by atoms with Crippen LogP contribution < -0.4 is 11.1 Å². The van der Waals surface area contributed by atoms with Gasteiger partial charge in [0.1, 0.15) is 5.82 Å². The topological polar surface area (TPSA) is 101 Å². The SMILES string of the molecule is CCCn1nc(C(=O)N(Cc2ccccc2)Cc2nc3ccccc3c(=O)[nH]2)c2ccccc2c1=O. The number of H-pyrrole nitrogens is 1. The van der Waals surface area contributed by atoms with Gasteiger partial charge in [-0.1, -0.05) is 67.6 Å². The van der Waals surface area contributed by atoms with E-state index in [1.54, 1.807) is 47.4 Å². The summed E-state index contributed by atoms with van der Waals surface area (Å²) in [7, 11) is 0. The van der Waals surface area contributed by atoms with Gasteiger partial charge in [0.05, 0.1) is 22.8 Å². The summed E-state index contributed by atoms with van der Waals surface area (Å²) in [6.07, 6.45) is 0.703. The minimum atomic E-state index is -0.351. The molecule has 0 saturated heterocycles. The number of rotatable bonds is 7. The van der Waals surface area contributed by atoms with Crippen LogP contribution >= 0.6 is 0 Å². The van der Waals surface area contributed by atoms with Crippen LogP contribution in [0, 0.1) is 0 Å². The number of aryl methyl sites for hydroxylation is 1. The van der Waals surface area contributed by atoms with Crippen LogP contribution in [-0.4, -0.2) is 30.6 Å². The Morgan fingerprint density at radius 3 is 2.28 bits per heavy atom. The summed E-state index contributed by atoms with van der Waals surface area (Å²) in [5, 5.41) is 5.91. The Labute approximate surface area is 206 Å². The van der Waals surface area contributed by atoms with Gasteiger partial charge in [-0.15, -0.1) is 0 Å². The van der Waals surface area contributed by atoms with Crippen molar-refractivity contribution in [2.75, 3.05) is 0 Å². The Hall–Kier alpha value is -4.59. The first-order valence-electron chi connectivity index (χ1n) is 11.9. The fourth-order valence-corrected chi connectivity index (χ4v) is 4.30. The van der Waals surface area contributed by atoms with E-state index in [1.807, 2.05) is 43.3 Å². The quantitative estimate of drug-likeness (QED) is 0.382. The van der Waals surface area contributed by atoms with Crippen molar-refractivity contribution in [1.82, 2.24) is 24.6 Å². The zero-order chi connectivity index (χ0) is 25.1. The fourth-order valence-electron chi connectivity index (χ4n) is 4.30. The summed E-state index contributed by atoms with van der Waals surface area (Å²) >= 11 is 0. The summed E-state index contributed by atoms with van der Waals surface area (Å²) in [5.41, 5.74) is 1.18. The molecule has 1 N–H and O–H groups in total. The van der Waals surface area contributed by atoms with Gasteiger partial charge < -0.3 is 9.88 Å². The van der Waals surface area contributed by atoms with Crippen molar-refractivity contribution < 1.29 is 4.79 Å². The standard InChI is InChI=1S/C28H25N5O3/c1-2-16-33-27(35)21-13-7-6-12-20(21)25(31-33)28(36)32(17-19-10-4-3-5-11-19)18-24-29-23-15-9-8-14-22(23)26(34)30-24/h3-15H,2,16-18H2,1H3,(H,29,30,34). The van der Waals surface area contributed by atoms with Gasteiger partial charge in [0.25, 0.3) is 17.0 Å². The second-order valence-corrected chi connectivity index (χ2v) is 8.60. The molecule has 2 aromatic heterocycles. The molecule has 0 spiro atoms. The summed E-state index contributed by atoms with van der Waals surface area (Å²) in [5.74, 6) is 0.0184. The van der Waals surface area contributed by atoms with Crippen molar-refractivity contribution in [2.24, 2.45) is 0 Å². The molecule has 3 aromatic carbocycles. The number of fused-ring (bicyclic) bond motifs is 2. The van der Waals surface area contributed by atoms with E-state index >= 15 is 0 Å². The number of nitrogens with zero attached hydrogens (tertiary/aromatic N) is 4. The zero-order valence-corrected chi connectivity index (χ0v) is 19.8. The van der Waals surface area contributed by atoms with E-state index in [4.69, 9.17) is 0 Å². The molecule has 0 aliphatic rings. The van der Waals surface area contributed by atoms with Gasteiger partial charge in [0.2, 0.25) is 0 Å². The number of hydrogen-bond donors (Lipinski definition) is 1. The van der Waals surface area contributed by atoms with Crippen molar-refractivity contribution in [3.05, 3.63) is 117 Å². The van der Waals surface area contributed by atoms with Crippen LogP contribution in [0.3, 0.4) is 0 Å². The third-order valence-corrected chi connectivity index (χ3v) is 6.01. The first-order valence-corrected chi connectivity index (χ1v) is 11.9. The van der Waals surface area contributed by atoms with Crippen LogP contribution in [-0.2, 0) is 19.6 Å². The lowest BCUT2D eigenvalue weighted by Crippen LogP contribution is -2.35. The Morgan fingerprint density at radius 1 is 0.861 bits per heavy atom. The molecule has 5 aromatic rings. The molecule has 2 heterocycles. The maximum atomic E-state index is 14.0. The second kappa shape index (κ2) is 9.95. The maximum absolute atomic E-state index is 14.0. The van der Waals surface area contributed by atoms with Gasteiger partial charge in [-0.3, -0.25) is 14.4 Å². The van der Waals surface area contributed by atoms with E-state index in [-0.39, 0.29) is 35.8 Å². The minimum absolute atomic E-state index is 0.0662. The van der Waals surface area contributed by atoms with E-state index in [1.165, 1.54) is 4.68 Å². The Balaban J connectivity index is 1.61. The molecule has 0 aliphatic heterocycles. The molecule has 1 amide bonds. The van der Waals surface area contributed by atoms with Crippen molar-refractivity contribution in [1.29, 1.82) is 0 Å². The normalized spacial score (nSPS) is 11.1. The Bertz CT molecular complexity index is 1670. The fraction of sp³-hybridized carbons (Fsp3) is 0.179. The highest BCUT2D eigenvalue weighted by molar-refractivity contribution is 6.04. The average Bonchev–Trinajstić information content (AvgIpc) is 2.90. The highest BCUT2D eigenvalue weighted by Crippen LogP contribution is 2.19. The summed E-state index contributed by atoms with van der Waals surface area (Å²) < 4.78 is 1.35. The molecule has 0 unspecified atom stereocenters. The molecule has 0 radical (unpaired) electrons. The number of hydrogen-bond acceptors (Lipinski definition) is 5. The minimum Gasteiger partial charge on any atom is -0.325 e. The van der Waals surface area contributed by atoms with Crippen LogP contribution in [0.15, 0.2) is 88.5 Å². The van der Waals surface area contributed by atoms with Gasteiger partial charge in [0.15, 0.2) is 5.69 Å². The summed E-state index contributed by atoms with van der Waals surface area (Å²) in [6, 6.07) is 23.7. The third-order valence-electron chi connectivity index (χ3n) is 6.01. The van der Waals surface area contributed by atoms with Crippen LogP contribution in [0.25, 0.3) is 21.7 Å². The van der Waals surface area contributed by atoms with Gasteiger partial charge in [-0.05, 0) is 30.2 Å². The maximum Gasteiger partial charge on any atom is 0.275 e. The molecular weight excluding hydrogens is 454 g/mol. The van der Waals surface area contributed by atoms with Crippen LogP contribution in [0.5, 0.6) is 0 Å². The van der Waals surface area contributed by atoms with Crippen LogP contribution in [0.1, 0.15) is 35.2 Å². The van der Waals surface area contributed by atoms with Gasteiger partial charge in [0, 0.05) is 18.5 Å². The number of aromatic nitrogens is 4. The van der Waals surface area contributed by atoms with Crippen molar-refractivity contribution >= 4 is 27.6 Å². The lowest BCUT2D eigenvalue weighted by atomic mass is 10.1. The molecular formula is C28H25N5O3. The molecule has 0 bridgehead atoms. The van der Waals surface area contributed by atoms with Crippen molar-refractivity contribution in [3.63, 3.8) is 0 Å². The zero-order valence-electron chi connectivity index (χ0n) is 19.8. The molecule has 8 heteroatoms. The predicted octanol–water partition coefficient (Wildman–Crippen LogP) is 3.89. The number of benzene rings is 3. The molecule has 5 rings (SSSR count). The molecule has 8 nitrogen and oxygen atoms in total. The van der Waals surface area contributed by atoms with Crippen LogP contribution in [0.4, 0.5) is 0 Å². The molecule has 180 valence electrons. The average molecular weight is 480 g/mol. The van der Waals surface area contributed by atoms with Crippen LogP contribution in [0.2, 0.25) is 0 Å². The van der Waals surface area contributed by atoms with E-state index in [0.717, 1.165) is 5.56 Å². The van der Waals surface area contributed by atoms with Gasteiger partial charge in [-0.25, -0.2) is 9.67 Å². The second-order valence-electron chi connectivity index (χ2n) is 8.60. The third kappa shape index (κ3) is 4.53. The van der Waals surface area contributed by atoms with E-state index in [9.17, 15) is 14.4 Å². The highest BCUT2D eigenvalue weighted by atomic mass is 16.2. The monoisotopic (exact) mass is 479 g/mol. The molecule has 0 atom stereocenters. The summed E-state index contributed by atoms with van der Waals surface area (Å²) in [6.45, 7) is 2.70. The Morgan fingerprint density at radius 2 is 1.53 bits per heavy atom. The smallest absolute Gasteiger partial charge is 0.275 e. The lowest BCUT2D eigenvalue weighted by molar-refractivity contribution is 0.0719. The predicted molar refractivity (Wildman–Crippen MR) is 139 cm³/mol. The molecule has 36 heavy (non-hydrogen) atoms. The molecule has 0 fully saturated rings. The largest absolute Gasteiger partial charge is 0.325 e. The highest BCUT2D eigenvalue weighted by Gasteiger charge is 2.23. The lowest BCUT2D eigenvalue weighted by Gasteiger charge is -2.23. The van der Waals surface area contributed by atoms with Crippen molar-refractivity contribution in [2.45, 2.75) is 33.0 Å². The number of carbonyl (C=O) groups is 1. The van der Waals surface area contributed by atoms with E-state index in [0.29, 0.717) is 40.5 Å². The van der Waals surface area contributed by atoms with E-state index < -0.39 is 0 Å². The molecule has 0 aliphatic carbocycles. The Kier molecular flexibility index (Phi) is 6.40.